The van der Waals surface area contributed by atoms with Crippen LogP contribution in [0.15, 0.2) is 24.0 Å². The molecule has 0 aromatic rings. The third kappa shape index (κ3) is 3.76. The zero-order valence-corrected chi connectivity index (χ0v) is 8.12. The summed E-state index contributed by atoms with van der Waals surface area (Å²) >= 11 is 0. The summed E-state index contributed by atoms with van der Waals surface area (Å²) in [5.74, 6) is -1.03. The van der Waals surface area contributed by atoms with Gasteiger partial charge in [0.15, 0.2) is 5.57 Å². The number of carboxylic acid groups (broad SMARTS) is 1. The van der Waals surface area contributed by atoms with E-state index in [1.807, 2.05) is 6.92 Å². The number of nitriles is 1. The Morgan fingerprint density at radius 2 is 2.36 bits per heavy atom. The molecule has 0 aliphatic carbocycles. The summed E-state index contributed by atoms with van der Waals surface area (Å²) in [7, 11) is 0. The van der Waals surface area contributed by atoms with Gasteiger partial charge in [-0.3, -0.25) is 0 Å². The minimum absolute atomic E-state index is 0.216. The van der Waals surface area contributed by atoms with E-state index in [-0.39, 0.29) is 17.9 Å². The van der Waals surface area contributed by atoms with Gasteiger partial charge in [0.05, 0.1) is 0 Å². The average Bonchev–Trinajstić information content (AvgIpc) is 2.14. The highest BCUT2D eigenvalue weighted by Crippen LogP contribution is 2.12. The van der Waals surface area contributed by atoms with E-state index in [4.69, 9.17) is 15.1 Å². The SMILES string of the molecule is C=CCOC(CCC)=C(C#N)C(=O)O. The van der Waals surface area contributed by atoms with Crippen molar-refractivity contribution >= 4 is 5.97 Å². The minimum atomic E-state index is -1.25. The highest BCUT2D eigenvalue weighted by atomic mass is 16.5. The predicted octanol–water partition coefficient (Wildman–Crippen LogP) is 1.85. The lowest BCUT2D eigenvalue weighted by Crippen LogP contribution is -2.05. The number of aliphatic carboxylic acids is 1. The summed E-state index contributed by atoms with van der Waals surface area (Å²) in [4.78, 5) is 10.6. The first-order valence-corrected chi connectivity index (χ1v) is 4.27. The summed E-state index contributed by atoms with van der Waals surface area (Å²) < 4.78 is 5.10. The second kappa shape index (κ2) is 6.72. The van der Waals surface area contributed by atoms with Gasteiger partial charge in [0, 0.05) is 6.42 Å². The Balaban J connectivity index is 4.80. The number of nitrogens with zero attached hydrogens (tertiary/aromatic N) is 1. The molecule has 0 heterocycles. The summed E-state index contributed by atoms with van der Waals surface area (Å²) in [6, 6.07) is 1.62. The van der Waals surface area contributed by atoms with Crippen LogP contribution in [-0.2, 0) is 9.53 Å². The Hall–Kier alpha value is -1.76. The van der Waals surface area contributed by atoms with Crippen LogP contribution >= 0.6 is 0 Å². The van der Waals surface area contributed by atoms with E-state index in [1.165, 1.54) is 6.08 Å². The molecule has 0 aromatic carbocycles. The summed E-state index contributed by atoms with van der Waals surface area (Å²) in [5, 5.41) is 17.3. The van der Waals surface area contributed by atoms with E-state index < -0.39 is 5.97 Å². The number of carbonyl (C=O) groups is 1. The van der Waals surface area contributed by atoms with Crippen LogP contribution in [0.2, 0.25) is 0 Å². The van der Waals surface area contributed by atoms with Crippen LogP contribution in [0.1, 0.15) is 19.8 Å². The smallest absolute Gasteiger partial charge is 0.349 e. The van der Waals surface area contributed by atoms with Crippen molar-refractivity contribution in [2.75, 3.05) is 6.61 Å². The van der Waals surface area contributed by atoms with Crippen molar-refractivity contribution in [2.24, 2.45) is 0 Å². The number of ether oxygens (including phenoxy) is 1. The van der Waals surface area contributed by atoms with Gasteiger partial charge in [-0.2, -0.15) is 5.26 Å². The molecule has 0 atom stereocenters. The maximum absolute atomic E-state index is 10.6. The van der Waals surface area contributed by atoms with Crippen molar-refractivity contribution in [3.8, 4) is 6.07 Å². The first kappa shape index (κ1) is 12.2. The molecule has 0 saturated carbocycles. The van der Waals surface area contributed by atoms with Gasteiger partial charge in [0.2, 0.25) is 0 Å². The minimum Gasteiger partial charge on any atom is -0.492 e. The monoisotopic (exact) mass is 195 g/mol. The topological polar surface area (TPSA) is 70.3 Å². The summed E-state index contributed by atoms with van der Waals surface area (Å²) in [6.07, 6.45) is 2.68. The average molecular weight is 195 g/mol. The molecule has 1 N–H and O–H groups in total. The van der Waals surface area contributed by atoms with Crippen molar-refractivity contribution in [1.29, 1.82) is 5.26 Å². The second-order valence-electron chi connectivity index (χ2n) is 2.56. The van der Waals surface area contributed by atoms with E-state index in [1.54, 1.807) is 6.07 Å². The maximum Gasteiger partial charge on any atom is 0.349 e. The maximum atomic E-state index is 10.6. The van der Waals surface area contributed by atoms with Gasteiger partial charge in [-0.25, -0.2) is 4.79 Å². The van der Waals surface area contributed by atoms with Crippen molar-refractivity contribution in [3.63, 3.8) is 0 Å². The van der Waals surface area contributed by atoms with Crippen LogP contribution in [0.4, 0.5) is 0 Å². The van der Waals surface area contributed by atoms with Gasteiger partial charge in [0.25, 0.3) is 0 Å². The number of hydrogen-bond acceptors (Lipinski definition) is 3. The van der Waals surface area contributed by atoms with Crippen molar-refractivity contribution < 1.29 is 14.6 Å². The largest absolute Gasteiger partial charge is 0.492 e. The Morgan fingerprint density at radius 3 is 2.71 bits per heavy atom. The van der Waals surface area contributed by atoms with E-state index in [0.717, 1.165) is 6.42 Å². The molecule has 0 bridgehead atoms. The molecular formula is C10H13NO3. The Bertz CT molecular complexity index is 286. The molecule has 14 heavy (non-hydrogen) atoms. The lowest BCUT2D eigenvalue weighted by atomic mass is 10.2. The molecule has 0 amide bonds. The number of carboxylic acids is 1. The van der Waals surface area contributed by atoms with Crippen LogP contribution in [0.5, 0.6) is 0 Å². The normalized spacial score (nSPS) is 11.1. The Morgan fingerprint density at radius 1 is 1.71 bits per heavy atom. The highest BCUT2D eigenvalue weighted by molar-refractivity contribution is 5.91. The Labute approximate surface area is 83.1 Å². The molecule has 4 nitrogen and oxygen atoms in total. The first-order valence-electron chi connectivity index (χ1n) is 4.27. The molecule has 0 unspecified atom stereocenters. The molecule has 0 fully saturated rings. The molecular weight excluding hydrogens is 182 g/mol. The summed E-state index contributed by atoms with van der Waals surface area (Å²) in [6.45, 7) is 5.54. The fourth-order valence-corrected chi connectivity index (χ4v) is 0.885. The molecule has 0 rings (SSSR count). The van der Waals surface area contributed by atoms with Crippen LogP contribution in [0, 0.1) is 11.3 Å². The van der Waals surface area contributed by atoms with E-state index >= 15 is 0 Å². The van der Waals surface area contributed by atoms with Crippen LogP contribution < -0.4 is 0 Å². The molecule has 0 spiro atoms. The number of hydrogen-bond donors (Lipinski definition) is 1. The zero-order chi connectivity index (χ0) is 11.0. The molecule has 0 aromatic heterocycles. The van der Waals surface area contributed by atoms with E-state index in [0.29, 0.717) is 6.42 Å². The Kier molecular flexibility index (Phi) is 5.88. The van der Waals surface area contributed by atoms with Gasteiger partial charge in [0.1, 0.15) is 18.4 Å². The third-order valence-electron chi connectivity index (χ3n) is 1.46. The number of rotatable bonds is 6. The van der Waals surface area contributed by atoms with Gasteiger partial charge >= 0.3 is 5.97 Å². The quantitative estimate of drug-likeness (QED) is 0.304. The fourth-order valence-electron chi connectivity index (χ4n) is 0.885. The molecule has 4 heteroatoms. The van der Waals surface area contributed by atoms with Gasteiger partial charge < -0.3 is 9.84 Å². The third-order valence-corrected chi connectivity index (χ3v) is 1.46. The molecule has 0 radical (unpaired) electrons. The van der Waals surface area contributed by atoms with E-state index in [2.05, 4.69) is 6.58 Å². The van der Waals surface area contributed by atoms with Gasteiger partial charge in [-0.05, 0) is 6.42 Å². The molecule has 0 saturated heterocycles. The van der Waals surface area contributed by atoms with Crippen LogP contribution in [0.25, 0.3) is 0 Å². The molecule has 76 valence electrons. The van der Waals surface area contributed by atoms with Crippen molar-refractivity contribution in [2.45, 2.75) is 19.8 Å². The predicted molar refractivity (Wildman–Crippen MR) is 51.3 cm³/mol. The lowest BCUT2D eigenvalue weighted by molar-refractivity contribution is -0.132. The lowest BCUT2D eigenvalue weighted by Gasteiger charge is -2.07. The van der Waals surface area contributed by atoms with Crippen molar-refractivity contribution in [3.05, 3.63) is 24.0 Å². The van der Waals surface area contributed by atoms with Crippen molar-refractivity contribution in [1.82, 2.24) is 0 Å². The highest BCUT2D eigenvalue weighted by Gasteiger charge is 2.14. The van der Waals surface area contributed by atoms with Gasteiger partial charge in [-0.1, -0.05) is 19.6 Å². The number of allylic oxidation sites excluding steroid dienone is 1. The first-order chi connectivity index (χ1) is 6.67. The zero-order valence-electron chi connectivity index (χ0n) is 8.12. The molecule has 0 aliphatic rings. The standard InChI is InChI=1S/C10H13NO3/c1-3-5-9(14-6-4-2)8(7-11)10(12)13/h4H,2-3,5-6H2,1H3,(H,12,13). The molecule has 0 aliphatic heterocycles. The van der Waals surface area contributed by atoms with Gasteiger partial charge in [-0.15, -0.1) is 0 Å². The fraction of sp³-hybridized carbons (Fsp3) is 0.400. The van der Waals surface area contributed by atoms with E-state index in [9.17, 15) is 4.79 Å². The van der Waals surface area contributed by atoms with Crippen LogP contribution in [-0.4, -0.2) is 17.7 Å². The van der Waals surface area contributed by atoms with Crippen LogP contribution in [0.3, 0.4) is 0 Å². The summed E-state index contributed by atoms with van der Waals surface area (Å²) in [5.41, 5.74) is -0.325. The second-order valence-corrected chi connectivity index (χ2v) is 2.56.